The topological polar surface area (TPSA) is 42.7 Å². The Morgan fingerprint density at radius 3 is 2.78 bits per heavy atom. The number of halogens is 1. The lowest BCUT2D eigenvalue weighted by Gasteiger charge is -2.17. The van der Waals surface area contributed by atoms with Crippen molar-refractivity contribution in [1.29, 1.82) is 0 Å². The zero-order valence-electron chi connectivity index (χ0n) is 10.6. The number of likely N-dealkylation sites (N-methyl/N-ethyl adjacent to an activating group) is 1. The number of aromatic nitrogens is 3. The highest BCUT2D eigenvalue weighted by Gasteiger charge is 2.16. The molecule has 1 aromatic carbocycles. The lowest BCUT2D eigenvalue weighted by Crippen LogP contribution is -2.20. The molecule has 0 amide bonds. The van der Waals surface area contributed by atoms with Gasteiger partial charge in [-0.3, -0.25) is 4.68 Å². The molecular formula is C13H17ClN4. The van der Waals surface area contributed by atoms with E-state index in [0.29, 0.717) is 5.92 Å². The van der Waals surface area contributed by atoms with Crippen molar-refractivity contribution >= 4 is 11.6 Å². The predicted molar refractivity (Wildman–Crippen MR) is 72.8 cm³/mol. The fraction of sp³-hybridized carbons (Fsp3) is 0.385. The Morgan fingerprint density at radius 1 is 1.39 bits per heavy atom. The Kier molecular flexibility index (Phi) is 4.33. The summed E-state index contributed by atoms with van der Waals surface area (Å²) in [4.78, 5) is 4.27. The van der Waals surface area contributed by atoms with Crippen molar-refractivity contribution in [3.05, 3.63) is 47.0 Å². The summed E-state index contributed by atoms with van der Waals surface area (Å²) in [6.45, 7) is 0.858. The summed E-state index contributed by atoms with van der Waals surface area (Å²) in [6.07, 6.45) is 2.40. The van der Waals surface area contributed by atoms with Gasteiger partial charge in [-0.25, -0.2) is 4.98 Å². The van der Waals surface area contributed by atoms with Crippen molar-refractivity contribution in [2.45, 2.75) is 12.3 Å². The molecule has 96 valence electrons. The van der Waals surface area contributed by atoms with Crippen LogP contribution in [0.25, 0.3) is 0 Å². The van der Waals surface area contributed by atoms with Crippen LogP contribution in [0, 0.1) is 0 Å². The van der Waals surface area contributed by atoms with Crippen molar-refractivity contribution in [3.8, 4) is 0 Å². The van der Waals surface area contributed by atoms with Crippen LogP contribution in [0.2, 0.25) is 5.02 Å². The fourth-order valence-electron chi connectivity index (χ4n) is 2.07. The molecule has 18 heavy (non-hydrogen) atoms. The van der Waals surface area contributed by atoms with Gasteiger partial charge in [-0.1, -0.05) is 29.8 Å². The number of benzene rings is 1. The van der Waals surface area contributed by atoms with E-state index in [1.165, 1.54) is 0 Å². The molecule has 4 nitrogen and oxygen atoms in total. The van der Waals surface area contributed by atoms with Crippen LogP contribution in [0.15, 0.2) is 30.6 Å². The van der Waals surface area contributed by atoms with Gasteiger partial charge in [-0.2, -0.15) is 5.10 Å². The van der Waals surface area contributed by atoms with Gasteiger partial charge in [0.2, 0.25) is 0 Å². The fourth-order valence-corrected chi connectivity index (χ4v) is 2.36. The summed E-state index contributed by atoms with van der Waals surface area (Å²) in [5.41, 5.74) is 1.15. The minimum Gasteiger partial charge on any atom is -0.319 e. The number of hydrogen-bond acceptors (Lipinski definition) is 3. The maximum absolute atomic E-state index is 6.26. The van der Waals surface area contributed by atoms with Crippen molar-refractivity contribution in [2.75, 3.05) is 13.6 Å². The van der Waals surface area contributed by atoms with E-state index in [0.717, 1.165) is 29.4 Å². The lowest BCUT2D eigenvalue weighted by molar-refractivity contribution is 0.583. The molecule has 2 aromatic rings. The number of rotatable bonds is 5. The molecule has 0 saturated carbocycles. The minimum atomic E-state index is 0.298. The molecule has 1 heterocycles. The number of aryl methyl sites for hydroxylation is 1. The minimum absolute atomic E-state index is 0.298. The van der Waals surface area contributed by atoms with Crippen LogP contribution in [0.4, 0.5) is 0 Å². The first-order chi connectivity index (χ1) is 8.72. The predicted octanol–water partition coefficient (Wildman–Crippen LogP) is 2.01. The largest absolute Gasteiger partial charge is 0.319 e. The molecule has 0 saturated heterocycles. The molecule has 1 N–H and O–H groups in total. The third kappa shape index (κ3) is 2.89. The van der Waals surface area contributed by atoms with Crippen molar-refractivity contribution < 1.29 is 0 Å². The summed E-state index contributed by atoms with van der Waals surface area (Å²) in [5.74, 6) is 1.27. The SMILES string of the molecule is CNCC(Cc1ncnn1C)c1ccccc1Cl. The Bertz CT molecular complexity index is 509. The third-order valence-electron chi connectivity index (χ3n) is 3.03. The van der Waals surface area contributed by atoms with Gasteiger partial charge < -0.3 is 5.32 Å². The quantitative estimate of drug-likeness (QED) is 0.898. The van der Waals surface area contributed by atoms with E-state index in [2.05, 4.69) is 21.5 Å². The van der Waals surface area contributed by atoms with Gasteiger partial charge >= 0.3 is 0 Å². The molecule has 2 rings (SSSR count). The third-order valence-corrected chi connectivity index (χ3v) is 3.37. The second-order valence-corrected chi connectivity index (χ2v) is 4.69. The van der Waals surface area contributed by atoms with Crippen LogP contribution < -0.4 is 5.32 Å². The molecule has 5 heteroatoms. The number of nitrogens with zero attached hydrogens (tertiary/aromatic N) is 3. The second kappa shape index (κ2) is 5.98. The molecule has 0 fully saturated rings. The molecule has 0 aliphatic heterocycles. The zero-order chi connectivity index (χ0) is 13.0. The van der Waals surface area contributed by atoms with Crippen molar-refractivity contribution in [2.24, 2.45) is 7.05 Å². The van der Waals surface area contributed by atoms with E-state index in [4.69, 9.17) is 11.6 Å². The summed E-state index contributed by atoms with van der Waals surface area (Å²) < 4.78 is 1.81. The summed E-state index contributed by atoms with van der Waals surface area (Å²) in [7, 11) is 3.85. The van der Waals surface area contributed by atoms with Gasteiger partial charge in [0.25, 0.3) is 0 Å². The maximum atomic E-state index is 6.26. The standard InChI is InChI=1S/C13H17ClN4/c1-15-8-10(7-13-16-9-17-18(13)2)11-5-3-4-6-12(11)14/h3-6,9-10,15H,7-8H2,1-2H3. The summed E-state index contributed by atoms with van der Waals surface area (Å²) in [6, 6.07) is 7.96. The van der Waals surface area contributed by atoms with Gasteiger partial charge in [0.05, 0.1) is 0 Å². The maximum Gasteiger partial charge on any atom is 0.138 e. The van der Waals surface area contributed by atoms with E-state index in [9.17, 15) is 0 Å². The van der Waals surface area contributed by atoms with Crippen molar-refractivity contribution in [3.63, 3.8) is 0 Å². The van der Waals surface area contributed by atoms with Gasteiger partial charge in [0, 0.05) is 31.0 Å². The van der Waals surface area contributed by atoms with E-state index in [1.54, 1.807) is 11.0 Å². The van der Waals surface area contributed by atoms with Crippen LogP contribution in [-0.2, 0) is 13.5 Å². The van der Waals surface area contributed by atoms with E-state index >= 15 is 0 Å². The molecule has 0 spiro atoms. The van der Waals surface area contributed by atoms with E-state index in [1.807, 2.05) is 32.3 Å². The van der Waals surface area contributed by atoms with Crippen LogP contribution in [0.1, 0.15) is 17.3 Å². The van der Waals surface area contributed by atoms with Crippen molar-refractivity contribution in [1.82, 2.24) is 20.1 Å². The van der Waals surface area contributed by atoms with Gasteiger partial charge in [0.1, 0.15) is 12.2 Å². The molecule has 1 unspecified atom stereocenters. The van der Waals surface area contributed by atoms with E-state index in [-0.39, 0.29) is 0 Å². The first kappa shape index (κ1) is 13.1. The molecule has 0 radical (unpaired) electrons. The Morgan fingerprint density at radius 2 is 2.17 bits per heavy atom. The van der Waals surface area contributed by atoms with Crippen LogP contribution in [0.3, 0.4) is 0 Å². The Balaban J connectivity index is 2.24. The normalized spacial score (nSPS) is 12.6. The number of hydrogen-bond donors (Lipinski definition) is 1. The molecule has 0 bridgehead atoms. The highest BCUT2D eigenvalue weighted by Crippen LogP contribution is 2.26. The summed E-state index contributed by atoms with van der Waals surface area (Å²) in [5, 5.41) is 8.11. The zero-order valence-corrected chi connectivity index (χ0v) is 11.4. The highest BCUT2D eigenvalue weighted by molar-refractivity contribution is 6.31. The Hall–Kier alpha value is -1.39. The monoisotopic (exact) mass is 264 g/mol. The first-order valence-corrected chi connectivity index (χ1v) is 6.32. The van der Waals surface area contributed by atoms with Crippen LogP contribution in [0.5, 0.6) is 0 Å². The highest BCUT2D eigenvalue weighted by atomic mass is 35.5. The molecular weight excluding hydrogens is 248 g/mol. The lowest BCUT2D eigenvalue weighted by atomic mass is 9.95. The molecule has 0 aliphatic carbocycles. The molecule has 1 atom stereocenters. The average Bonchev–Trinajstić information content (AvgIpc) is 2.75. The smallest absolute Gasteiger partial charge is 0.138 e. The first-order valence-electron chi connectivity index (χ1n) is 5.94. The molecule has 1 aromatic heterocycles. The average molecular weight is 265 g/mol. The van der Waals surface area contributed by atoms with Crippen LogP contribution >= 0.6 is 11.6 Å². The Labute approximate surface area is 112 Å². The van der Waals surface area contributed by atoms with Crippen LogP contribution in [-0.4, -0.2) is 28.4 Å². The summed E-state index contributed by atoms with van der Waals surface area (Å²) >= 11 is 6.26. The number of nitrogens with one attached hydrogen (secondary N) is 1. The van der Waals surface area contributed by atoms with Gasteiger partial charge in [-0.05, 0) is 18.7 Å². The van der Waals surface area contributed by atoms with Gasteiger partial charge in [0.15, 0.2) is 0 Å². The second-order valence-electron chi connectivity index (χ2n) is 4.28. The van der Waals surface area contributed by atoms with Gasteiger partial charge in [-0.15, -0.1) is 0 Å². The van der Waals surface area contributed by atoms with E-state index < -0.39 is 0 Å². The molecule has 0 aliphatic rings.